The zero-order chi connectivity index (χ0) is 17.6. The van der Waals surface area contributed by atoms with Crippen LogP contribution in [0.5, 0.6) is 0 Å². The number of nitrogens with one attached hydrogen (secondary N) is 2. The van der Waals surface area contributed by atoms with E-state index < -0.39 is 36.0 Å². The fourth-order valence-corrected chi connectivity index (χ4v) is 1.68. The number of carboxylic acid groups (broad SMARTS) is 1. The van der Waals surface area contributed by atoms with Crippen molar-refractivity contribution in [2.24, 2.45) is 0 Å². The molecule has 8 nitrogen and oxygen atoms in total. The normalized spacial score (nSPS) is 12.1. The van der Waals surface area contributed by atoms with Crippen molar-refractivity contribution in [1.82, 2.24) is 5.32 Å². The molecule has 0 aliphatic carbocycles. The van der Waals surface area contributed by atoms with Crippen molar-refractivity contribution in [2.75, 3.05) is 11.1 Å². The van der Waals surface area contributed by atoms with Crippen molar-refractivity contribution >= 4 is 29.3 Å². The first-order valence-electron chi connectivity index (χ1n) is 6.94. The van der Waals surface area contributed by atoms with Gasteiger partial charge in [0.15, 0.2) is 0 Å². The summed E-state index contributed by atoms with van der Waals surface area (Å²) in [4.78, 5) is 34.8. The number of hydrogen-bond acceptors (Lipinski definition) is 5. The van der Waals surface area contributed by atoms with Gasteiger partial charge in [0.05, 0.1) is 6.42 Å². The van der Waals surface area contributed by atoms with E-state index in [2.05, 4.69) is 10.6 Å². The maximum absolute atomic E-state index is 12.2. The van der Waals surface area contributed by atoms with Crippen molar-refractivity contribution in [1.29, 1.82) is 0 Å². The number of nitrogens with two attached hydrogens (primary N) is 1. The lowest BCUT2D eigenvalue weighted by Crippen LogP contribution is -2.46. The number of rotatable bonds is 5. The predicted molar refractivity (Wildman–Crippen MR) is 84.9 cm³/mol. The van der Waals surface area contributed by atoms with Crippen molar-refractivity contribution in [2.45, 2.75) is 38.8 Å². The number of nitrogen functional groups attached to an aromatic ring is 1. The summed E-state index contributed by atoms with van der Waals surface area (Å²) in [5.41, 5.74) is 5.69. The lowest BCUT2D eigenvalue weighted by atomic mass is 10.2. The van der Waals surface area contributed by atoms with Crippen LogP contribution in [0.2, 0.25) is 0 Å². The molecule has 0 radical (unpaired) electrons. The van der Waals surface area contributed by atoms with Gasteiger partial charge in [0.2, 0.25) is 5.91 Å². The van der Waals surface area contributed by atoms with Crippen LogP contribution in [0.15, 0.2) is 24.3 Å². The maximum Gasteiger partial charge on any atom is 0.408 e. The van der Waals surface area contributed by atoms with Gasteiger partial charge in [-0.15, -0.1) is 0 Å². The Morgan fingerprint density at radius 2 is 1.96 bits per heavy atom. The smallest absolute Gasteiger partial charge is 0.408 e. The molecule has 1 aromatic carbocycles. The van der Waals surface area contributed by atoms with Gasteiger partial charge in [-0.05, 0) is 39.0 Å². The minimum atomic E-state index is -1.27. The van der Waals surface area contributed by atoms with Crippen LogP contribution in [0.3, 0.4) is 0 Å². The zero-order valence-corrected chi connectivity index (χ0v) is 13.3. The average molecular weight is 323 g/mol. The van der Waals surface area contributed by atoms with Gasteiger partial charge in [-0.1, -0.05) is 6.07 Å². The predicted octanol–water partition coefficient (Wildman–Crippen LogP) is 1.58. The highest BCUT2D eigenvalue weighted by atomic mass is 16.6. The van der Waals surface area contributed by atoms with E-state index in [-0.39, 0.29) is 0 Å². The molecule has 5 N–H and O–H groups in total. The Kier molecular flexibility index (Phi) is 5.94. The van der Waals surface area contributed by atoms with Crippen LogP contribution in [0, 0.1) is 0 Å². The highest BCUT2D eigenvalue weighted by Crippen LogP contribution is 2.13. The standard InChI is InChI=1S/C15H21N3O5/c1-15(2,3)23-14(22)18-11(8-12(19)20)13(21)17-10-6-4-5-9(16)7-10/h4-7,11H,8,16H2,1-3H3,(H,17,21)(H,18,22)(H,19,20)/t11-/m1/s1. The lowest BCUT2D eigenvalue weighted by Gasteiger charge is -2.22. The highest BCUT2D eigenvalue weighted by Gasteiger charge is 2.26. The third-order valence-corrected chi connectivity index (χ3v) is 2.54. The molecule has 1 atom stereocenters. The monoisotopic (exact) mass is 323 g/mol. The molecular weight excluding hydrogens is 302 g/mol. The van der Waals surface area contributed by atoms with Gasteiger partial charge in [-0.25, -0.2) is 4.79 Å². The van der Waals surface area contributed by atoms with E-state index in [1.165, 1.54) is 6.07 Å². The van der Waals surface area contributed by atoms with Crippen LogP contribution in [-0.2, 0) is 14.3 Å². The van der Waals surface area contributed by atoms with E-state index in [9.17, 15) is 14.4 Å². The third kappa shape index (κ3) is 7.16. The Morgan fingerprint density at radius 3 is 2.48 bits per heavy atom. The summed E-state index contributed by atoms with van der Waals surface area (Å²) in [7, 11) is 0. The Hall–Kier alpha value is -2.77. The summed E-state index contributed by atoms with van der Waals surface area (Å²) in [6.45, 7) is 4.97. The molecule has 2 amide bonds. The Labute approximate surface area is 134 Å². The molecule has 8 heteroatoms. The van der Waals surface area contributed by atoms with Crippen molar-refractivity contribution in [3.05, 3.63) is 24.3 Å². The molecule has 0 heterocycles. The summed E-state index contributed by atoms with van der Waals surface area (Å²) < 4.78 is 5.03. The van der Waals surface area contributed by atoms with Crippen LogP contribution in [0.25, 0.3) is 0 Å². The van der Waals surface area contributed by atoms with Crippen LogP contribution in [-0.4, -0.2) is 34.7 Å². The Morgan fingerprint density at radius 1 is 1.30 bits per heavy atom. The topological polar surface area (TPSA) is 131 Å². The highest BCUT2D eigenvalue weighted by molar-refractivity contribution is 5.98. The van der Waals surface area contributed by atoms with E-state index in [1.54, 1.807) is 39.0 Å². The third-order valence-electron chi connectivity index (χ3n) is 2.54. The summed E-state index contributed by atoms with van der Waals surface area (Å²) in [6.07, 6.45) is -1.45. The first-order valence-corrected chi connectivity index (χ1v) is 6.94. The van der Waals surface area contributed by atoms with Crippen LogP contribution < -0.4 is 16.4 Å². The van der Waals surface area contributed by atoms with Crippen molar-refractivity contribution in [3.63, 3.8) is 0 Å². The van der Waals surface area contributed by atoms with Gasteiger partial charge in [-0.3, -0.25) is 9.59 Å². The number of benzene rings is 1. The first-order chi connectivity index (χ1) is 10.6. The molecule has 1 rings (SSSR count). The molecule has 0 aliphatic rings. The van der Waals surface area contributed by atoms with Gasteiger partial charge >= 0.3 is 12.1 Å². The van der Waals surface area contributed by atoms with Gasteiger partial charge < -0.3 is 26.2 Å². The van der Waals surface area contributed by atoms with Crippen LogP contribution >= 0.6 is 0 Å². The van der Waals surface area contributed by atoms with Gasteiger partial charge in [0.25, 0.3) is 0 Å². The molecule has 0 saturated carbocycles. The SMILES string of the molecule is CC(C)(C)OC(=O)N[C@H](CC(=O)O)C(=O)Nc1cccc(N)c1. The number of aliphatic carboxylic acids is 1. The molecule has 1 aromatic rings. The first kappa shape index (κ1) is 18.3. The fraction of sp³-hybridized carbons (Fsp3) is 0.400. The van der Waals surface area contributed by atoms with E-state index >= 15 is 0 Å². The second kappa shape index (κ2) is 7.48. The van der Waals surface area contributed by atoms with Gasteiger partial charge in [-0.2, -0.15) is 0 Å². The van der Waals surface area contributed by atoms with E-state index in [4.69, 9.17) is 15.6 Å². The van der Waals surface area contributed by atoms with Crippen molar-refractivity contribution < 1.29 is 24.2 Å². The van der Waals surface area contributed by atoms with Crippen LogP contribution in [0.1, 0.15) is 27.2 Å². The van der Waals surface area contributed by atoms with Crippen LogP contribution in [0.4, 0.5) is 16.2 Å². The Balaban J connectivity index is 2.78. The van der Waals surface area contributed by atoms with Crippen molar-refractivity contribution in [3.8, 4) is 0 Å². The molecule has 0 saturated heterocycles. The fourth-order valence-electron chi connectivity index (χ4n) is 1.68. The molecular formula is C15H21N3O5. The molecule has 0 bridgehead atoms. The molecule has 0 fully saturated rings. The molecule has 0 aliphatic heterocycles. The molecule has 0 unspecified atom stereocenters. The quantitative estimate of drug-likeness (QED) is 0.608. The molecule has 23 heavy (non-hydrogen) atoms. The number of hydrogen-bond donors (Lipinski definition) is 4. The second-order valence-corrected chi connectivity index (χ2v) is 5.91. The minimum absolute atomic E-state index is 0.399. The van der Waals surface area contributed by atoms with Gasteiger partial charge in [0.1, 0.15) is 11.6 Å². The number of carbonyl (C=O) groups excluding carboxylic acids is 2. The zero-order valence-electron chi connectivity index (χ0n) is 13.3. The summed E-state index contributed by atoms with van der Waals surface area (Å²) in [6, 6.07) is 5.12. The van der Waals surface area contributed by atoms with E-state index in [0.29, 0.717) is 11.4 Å². The minimum Gasteiger partial charge on any atom is -0.481 e. The summed E-state index contributed by atoms with van der Waals surface area (Å²) >= 11 is 0. The number of alkyl carbamates (subject to hydrolysis) is 1. The maximum atomic E-state index is 12.2. The number of anilines is 2. The number of ether oxygens (including phenoxy) is 1. The molecule has 0 spiro atoms. The summed E-state index contributed by atoms with van der Waals surface area (Å²) in [5, 5.41) is 13.7. The molecule has 0 aromatic heterocycles. The molecule has 126 valence electrons. The Bertz CT molecular complexity index is 595. The number of carbonyl (C=O) groups is 3. The average Bonchev–Trinajstić information content (AvgIpc) is 2.34. The number of carboxylic acids is 1. The van der Waals surface area contributed by atoms with E-state index in [0.717, 1.165) is 0 Å². The second-order valence-electron chi connectivity index (χ2n) is 5.91. The van der Waals surface area contributed by atoms with E-state index in [1.807, 2.05) is 0 Å². The van der Waals surface area contributed by atoms with Gasteiger partial charge in [0, 0.05) is 11.4 Å². The number of amides is 2. The largest absolute Gasteiger partial charge is 0.481 e. The summed E-state index contributed by atoms with van der Waals surface area (Å²) in [5.74, 6) is -1.90. The lowest BCUT2D eigenvalue weighted by molar-refractivity contribution is -0.139.